The summed E-state index contributed by atoms with van der Waals surface area (Å²) in [6, 6.07) is 12.9. The van der Waals surface area contributed by atoms with Crippen LogP contribution in [0.1, 0.15) is 86.0 Å². The number of likely N-dealkylation sites (tertiary alicyclic amines) is 1. The first-order valence-electron chi connectivity index (χ1n) is 13.5. The second kappa shape index (κ2) is 13.9. The molecular weight excluding hydrogens is 468 g/mol. The minimum atomic E-state index is -1.08. The number of primary amides is 1. The highest BCUT2D eigenvalue weighted by molar-refractivity contribution is 5.96. The zero-order valence-electron chi connectivity index (χ0n) is 22.3. The molecule has 7 nitrogen and oxygen atoms in total. The van der Waals surface area contributed by atoms with Crippen molar-refractivity contribution in [2.24, 2.45) is 5.73 Å². The Hall–Kier alpha value is -3.19. The lowest BCUT2D eigenvalue weighted by Crippen LogP contribution is -2.43. The summed E-state index contributed by atoms with van der Waals surface area (Å²) in [7, 11) is 0. The molecule has 0 radical (unpaired) electrons. The highest BCUT2D eigenvalue weighted by atomic mass is 16.6. The molecule has 2 aromatic rings. The number of ether oxygens (including phenoxy) is 2. The largest absolute Gasteiger partial charge is 0.473 e. The van der Waals surface area contributed by atoms with Crippen LogP contribution in [0, 0.1) is 0 Å². The van der Waals surface area contributed by atoms with E-state index in [0.29, 0.717) is 36.1 Å². The van der Waals surface area contributed by atoms with Crippen molar-refractivity contribution in [2.75, 3.05) is 19.6 Å². The molecule has 0 bridgehead atoms. The van der Waals surface area contributed by atoms with Crippen LogP contribution in [0.25, 0.3) is 0 Å². The van der Waals surface area contributed by atoms with Crippen molar-refractivity contribution in [3.05, 3.63) is 64.7 Å². The minimum absolute atomic E-state index is 0.0755. The maximum Gasteiger partial charge on any atom is 0.352 e. The molecule has 0 aliphatic carbocycles. The van der Waals surface area contributed by atoms with Crippen molar-refractivity contribution >= 4 is 17.7 Å². The van der Waals surface area contributed by atoms with Gasteiger partial charge in [0.15, 0.2) is 11.9 Å². The fourth-order valence-electron chi connectivity index (χ4n) is 4.77. The van der Waals surface area contributed by atoms with Gasteiger partial charge in [-0.3, -0.25) is 14.5 Å². The molecule has 200 valence electrons. The third-order valence-corrected chi connectivity index (χ3v) is 6.68. The van der Waals surface area contributed by atoms with E-state index in [9.17, 15) is 14.4 Å². The van der Waals surface area contributed by atoms with Crippen LogP contribution < -0.4 is 10.5 Å². The van der Waals surface area contributed by atoms with E-state index in [1.165, 1.54) is 0 Å². The molecule has 1 aliphatic heterocycles. The quantitative estimate of drug-likeness (QED) is 0.291. The lowest BCUT2D eigenvalue weighted by atomic mass is 9.95. The first kappa shape index (κ1) is 28.4. The topological polar surface area (TPSA) is 98.9 Å². The van der Waals surface area contributed by atoms with Gasteiger partial charge >= 0.3 is 5.97 Å². The van der Waals surface area contributed by atoms with Crippen LogP contribution in [-0.2, 0) is 27.2 Å². The van der Waals surface area contributed by atoms with Crippen molar-refractivity contribution in [3.63, 3.8) is 0 Å². The molecule has 0 saturated carbocycles. The van der Waals surface area contributed by atoms with Crippen molar-refractivity contribution in [3.8, 4) is 5.75 Å². The van der Waals surface area contributed by atoms with Crippen LogP contribution in [-0.4, -0.2) is 48.3 Å². The number of Topliss-reactive ketones (excluding diaryl/α,β-unsaturated/α-hetero) is 1. The van der Waals surface area contributed by atoms with E-state index >= 15 is 0 Å². The van der Waals surface area contributed by atoms with E-state index in [-0.39, 0.29) is 12.3 Å². The molecule has 1 fully saturated rings. The second-order valence-electron chi connectivity index (χ2n) is 9.64. The number of benzene rings is 2. The van der Waals surface area contributed by atoms with Gasteiger partial charge in [-0.05, 0) is 62.0 Å². The SMILES string of the molecule is CCCc1cc(C(=O)CC)cc(CCC)c1OC(C(=O)O[C@H](CN1CCCC1)C(N)=O)c1ccccc1. The van der Waals surface area contributed by atoms with E-state index in [1.54, 1.807) is 12.1 Å². The lowest BCUT2D eigenvalue weighted by Gasteiger charge is -2.26. The molecule has 3 rings (SSSR count). The Bertz CT molecular complexity index is 1040. The predicted octanol–water partition coefficient (Wildman–Crippen LogP) is 4.80. The third kappa shape index (κ3) is 7.65. The molecule has 0 aromatic heterocycles. The van der Waals surface area contributed by atoms with Gasteiger partial charge in [0.1, 0.15) is 5.75 Å². The zero-order chi connectivity index (χ0) is 26.8. The Morgan fingerprint density at radius 1 is 0.946 bits per heavy atom. The van der Waals surface area contributed by atoms with E-state index in [0.717, 1.165) is 49.9 Å². The summed E-state index contributed by atoms with van der Waals surface area (Å²) >= 11 is 0. The molecule has 1 heterocycles. The van der Waals surface area contributed by atoms with Crippen LogP contribution in [0.15, 0.2) is 42.5 Å². The highest BCUT2D eigenvalue weighted by Crippen LogP contribution is 2.34. The average Bonchev–Trinajstić information content (AvgIpc) is 3.41. The zero-order valence-corrected chi connectivity index (χ0v) is 22.3. The second-order valence-corrected chi connectivity index (χ2v) is 9.64. The molecular formula is C30H40N2O5. The molecule has 37 heavy (non-hydrogen) atoms. The summed E-state index contributed by atoms with van der Waals surface area (Å²) in [5.41, 5.74) is 8.69. The maximum atomic E-state index is 13.6. The summed E-state index contributed by atoms with van der Waals surface area (Å²) in [5.74, 6) is -0.649. The third-order valence-electron chi connectivity index (χ3n) is 6.68. The summed E-state index contributed by atoms with van der Waals surface area (Å²) < 4.78 is 12.2. The van der Waals surface area contributed by atoms with Gasteiger partial charge in [0, 0.05) is 24.1 Å². The van der Waals surface area contributed by atoms with Crippen molar-refractivity contribution in [1.82, 2.24) is 4.90 Å². The molecule has 1 aliphatic rings. The van der Waals surface area contributed by atoms with Crippen LogP contribution in [0.3, 0.4) is 0 Å². The number of esters is 1. The fraction of sp³-hybridized carbons (Fsp3) is 0.500. The number of ketones is 1. The van der Waals surface area contributed by atoms with Crippen LogP contribution in [0.4, 0.5) is 0 Å². The average molecular weight is 509 g/mol. The first-order valence-corrected chi connectivity index (χ1v) is 13.5. The number of aryl methyl sites for hydroxylation is 2. The summed E-state index contributed by atoms with van der Waals surface area (Å²) in [6.45, 7) is 7.96. The van der Waals surface area contributed by atoms with E-state index in [2.05, 4.69) is 18.7 Å². The normalized spacial score (nSPS) is 15.2. The highest BCUT2D eigenvalue weighted by Gasteiger charge is 2.32. The van der Waals surface area contributed by atoms with Crippen LogP contribution in [0.5, 0.6) is 5.75 Å². The van der Waals surface area contributed by atoms with Crippen molar-refractivity contribution in [1.29, 1.82) is 0 Å². The molecule has 0 spiro atoms. The van der Waals surface area contributed by atoms with Gasteiger partial charge in [-0.1, -0.05) is 63.9 Å². The van der Waals surface area contributed by atoms with Gasteiger partial charge in [-0.25, -0.2) is 4.79 Å². The number of rotatable bonds is 14. The Balaban J connectivity index is 1.98. The van der Waals surface area contributed by atoms with E-state index < -0.39 is 24.1 Å². The Kier molecular flexibility index (Phi) is 10.7. The molecule has 2 N–H and O–H groups in total. The molecule has 1 saturated heterocycles. The van der Waals surface area contributed by atoms with Crippen molar-refractivity contribution < 1.29 is 23.9 Å². The lowest BCUT2D eigenvalue weighted by molar-refractivity contribution is -0.163. The van der Waals surface area contributed by atoms with Crippen LogP contribution >= 0.6 is 0 Å². The smallest absolute Gasteiger partial charge is 0.352 e. The van der Waals surface area contributed by atoms with E-state index in [4.69, 9.17) is 15.2 Å². The number of hydrogen-bond acceptors (Lipinski definition) is 6. The summed E-state index contributed by atoms with van der Waals surface area (Å²) in [6.07, 6.45) is 3.48. The van der Waals surface area contributed by atoms with E-state index in [1.807, 2.05) is 37.3 Å². The molecule has 2 atom stereocenters. The maximum absolute atomic E-state index is 13.6. The number of nitrogens with zero attached hydrogens (tertiary/aromatic N) is 1. The summed E-state index contributed by atoms with van der Waals surface area (Å²) in [4.78, 5) is 40.4. The number of carbonyl (C=O) groups is 3. The summed E-state index contributed by atoms with van der Waals surface area (Å²) in [5, 5.41) is 0. The first-order chi connectivity index (χ1) is 17.9. The number of nitrogens with two attached hydrogens (primary N) is 1. The number of carbonyl (C=O) groups excluding carboxylic acids is 3. The standard InChI is InChI=1S/C30H40N2O5/c1-4-12-22-18-24(25(33)6-3)19-23(13-5-2)27(22)37-28(21-14-8-7-9-15-21)30(35)36-26(29(31)34)20-32-16-10-11-17-32/h7-9,14-15,18-19,26,28H,4-6,10-13,16-17,20H2,1-3H3,(H2,31,34)/t26-,28?/m1/s1. The molecule has 2 aromatic carbocycles. The molecule has 1 amide bonds. The number of hydrogen-bond donors (Lipinski definition) is 1. The van der Waals surface area contributed by atoms with Gasteiger partial charge in [-0.15, -0.1) is 0 Å². The Morgan fingerprint density at radius 3 is 2.05 bits per heavy atom. The number of amides is 1. The van der Waals surface area contributed by atoms with Crippen LogP contribution in [0.2, 0.25) is 0 Å². The van der Waals surface area contributed by atoms with Gasteiger partial charge in [0.25, 0.3) is 5.91 Å². The van der Waals surface area contributed by atoms with Gasteiger partial charge < -0.3 is 15.2 Å². The molecule has 1 unspecified atom stereocenters. The van der Waals surface area contributed by atoms with Gasteiger partial charge in [-0.2, -0.15) is 0 Å². The Morgan fingerprint density at radius 2 is 1.54 bits per heavy atom. The monoisotopic (exact) mass is 508 g/mol. The Labute approximate surface area is 220 Å². The van der Waals surface area contributed by atoms with Crippen molar-refractivity contribution in [2.45, 2.75) is 77.9 Å². The van der Waals surface area contributed by atoms with Gasteiger partial charge in [0.05, 0.1) is 0 Å². The predicted molar refractivity (Wildman–Crippen MR) is 144 cm³/mol. The minimum Gasteiger partial charge on any atom is -0.473 e. The molecule has 7 heteroatoms. The fourth-order valence-corrected chi connectivity index (χ4v) is 4.77. The van der Waals surface area contributed by atoms with Gasteiger partial charge in [0.2, 0.25) is 6.10 Å².